The van der Waals surface area contributed by atoms with Crippen LogP contribution in [0.4, 0.5) is 0 Å². The standard InChI is InChI=1S/C21H29NO/c1-3-4-5-6-7-8-9-10-11-14-18-17-21(23)19-15-12-13-16-20(19)22(18)2/h6-7,12-13,15-17H,3-5,8-11,14H2,1-2H3. The van der Waals surface area contributed by atoms with Crippen molar-refractivity contribution in [2.24, 2.45) is 7.05 Å². The molecule has 2 aromatic rings. The zero-order chi connectivity index (χ0) is 16.5. The van der Waals surface area contributed by atoms with E-state index in [0.29, 0.717) is 0 Å². The first-order chi connectivity index (χ1) is 11.2. The van der Waals surface area contributed by atoms with E-state index in [1.807, 2.05) is 30.3 Å². The molecule has 1 aromatic carbocycles. The quantitative estimate of drug-likeness (QED) is 0.449. The van der Waals surface area contributed by atoms with Crippen LogP contribution in [0.5, 0.6) is 0 Å². The summed E-state index contributed by atoms with van der Waals surface area (Å²) in [5.74, 6) is 0. The Hall–Kier alpha value is -1.83. The first kappa shape index (κ1) is 17.5. The summed E-state index contributed by atoms with van der Waals surface area (Å²) in [5, 5.41) is 0.816. The van der Waals surface area contributed by atoms with Crippen LogP contribution in [-0.4, -0.2) is 4.57 Å². The Balaban J connectivity index is 1.82. The smallest absolute Gasteiger partial charge is 0.189 e. The molecule has 0 fully saturated rings. The summed E-state index contributed by atoms with van der Waals surface area (Å²) in [6.45, 7) is 2.23. The molecule has 0 atom stereocenters. The molecule has 1 heterocycles. The third kappa shape index (κ3) is 5.09. The van der Waals surface area contributed by atoms with Gasteiger partial charge in [0.05, 0.1) is 5.52 Å². The summed E-state index contributed by atoms with van der Waals surface area (Å²) in [4.78, 5) is 12.2. The minimum atomic E-state index is 0.146. The van der Waals surface area contributed by atoms with Gasteiger partial charge in [0.25, 0.3) is 0 Å². The van der Waals surface area contributed by atoms with Crippen LogP contribution < -0.4 is 5.43 Å². The summed E-state index contributed by atoms with van der Waals surface area (Å²) in [6.07, 6.45) is 14.2. The Morgan fingerprint density at radius 1 is 1.00 bits per heavy atom. The van der Waals surface area contributed by atoms with E-state index in [1.165, 1.54) is 38.5 Å². The van der Waals surface area contributed by atoms with Crippen molar-refractivity contribution in [1.82, 2.24) is 4.57 Å². The maximum atomic E-state index is 12.2. The topological polar surface area (TPSA) is 22.0 Å². The molecule has 2 rings (SSSR count). The fourth-order valence-corrected chi connectivity index (χ4v) is 3.00. The molecule has 0 aliphatic carbocycles. The Bertz CT molecular complexity index is 697. The van der Waals surface area contributed by atoms with Gasteiger partial charge in [-0.1, -0.05) is 50.5 Å². The van der Waals surface area contributed by atoms with Gasteiger partial charge < -0.3 is 4.57 Å². The lowest BCUT2D eigenvalue weighted by molar-refractivity contribution is 0.663. The van der Waals surface area contributed by atoms with E-state index in [0.717, 1.165) is 29.4 Å². The van der Waals surface area contributed by atoms with Crippen LogP contribution in [0.15, 0.2) is 47.3 Å². The molecular weight excluding hydrogens is 282 g/mol. The predicted octanol–water partition coefficient (Wildman–Crippen LogP) is 5.39. The highest BCUT2D eigenvalue weighted by Crippen LogP contribution is 2.14. The van der Waals surface area contributed by atoms with Gasteiger partial charge in [-0.25, -0.2) is 0 Å². The molecule has 2 heteroatoms. The number of aryl methyl sites for hydroxylation is 2. The number of rotatable bonds is 9. The Labute approximate surface area is 139 Å². The minimum Gasteiger partial charge on any atom is -0.347 e. The highest BCUT2D eigenvalue weighted by molar-refractivity contribution is 5.79. The summed E-state index contributed by atoms with van der Waals surface area (Å²) in [7, 11) is 2.06. The molecule has 0 bridgehead atoms. The van der Waals surface area contributed by atoms with E-state index in [4.69, 9.17) is 0 Å². The average molecular weight is 311 g/mol. The van der Waals surface area contributed by atoms with Crippen molar-refractivity contribution in [2.75, 3.05) is 0 Å². The van der Waals surface area contributed by atoms with E-state index in [-0.39, 0.29) is 5.43 Å². The molecule has 0 saturated carbocycles. The number of allylic oxidation sites excluding steroid dienone is 2. The van der Waals surface area contributed by atoms with Crippen molar-refractivity contribution < 1.29 is 0 Å². The van der Waals surface area contributed by atoms with Crippen LogP contribution in [-0.2, 0) is 13.5 Å². The van der Waals surface area contributed by atoms with E-state index in [1.54, 1.807) is 0 Å². The lowest BCUT2D eigenvalue weighted by Gasteiger charge is -2.12. The van der Waals surface area contributed by atoms with Gasteiger partial charge in [-0.05, 0) is 44.2 Å². The predicted molar refractivity (Wildman–Crippen MR) is 100 cm³/mol. The molecule has 0 spiro atoms. The molecule has 0 radical (unpaired) electrons. The molecule has 23 heavy (non-hydrogen) atoms. The lowest BCUT2D eigenvalue weighted by atomic mass is 10.1. The number of unbranched alkanes of at least 4 members (excludes halogenated alkanes) is 5. The normalized spacial score (nSPS) is 11.6. The molecule has 124 valence electrons. The van der Waals surface area contributed by atoms with Crippen molar-refractivity contribution in [3.8, 4) is 0 Å². The first-order valence-corrected chi connectivity index (χ1v) is 8.96. The van der Waals surface area contributed by atoms with Gasteiger partial charge in [-0.2, -0.15) is 0 Å². The Kier molecular flexibility index (Phi) is 7.12. The second-order valence-corrected chi connectivity index (χ2v) is 6.29. The summed E-state index contributed by atoms with van der Waals surface area (Å²) in [5.41, 5.74) is 2.33. The van der Waals surface area contributed by atoms with Gasteiger partial charge in [0.15, 0.2) is 5.43 Å². The molecule has 0 aliphatic heterocycles. The van der Waals surface area contributed by atoms with Crippen LogP contribution in [0.2, 0.25) is 0 Å². The number of para-hydroxylation sites is 1. The number of pyridine rings is 1. The van der Waals surface area contributed by atoms with Gasteiger partial charge in [0.1, 0.15) is 0 Å². The fourth-order valence-electron chi connectivity index (χ4n) is 3.00. The monoisotopic (exact) mass is 311 g/mol. The molecule has 2 nitrogen and oxygen atoms in total. The van der Waals surface area contributed by atoms with Gasteiger partial charge in [0, 0.05) is 24.2 Å². The zero-order valence-corrected chi connectivity index (χ0v) is 14.6. The number of fused-ring (bicyclic) bond motifs is 1. The van der Waals surface area contributed by atoms with Gasteiger partial charge in [-0.3, -0.25) is 4.79 Å². The van der Waals surface area contributed by atoms with Crippen LogP contribution in [0.1, 0.15) is 57.6 Å². The van der Waals surface area contributed by atoms with Crippen molar-refractivity contribution in [3.63, 3.8) is 0 Å². The van der Waals surface area contributed by atoms with Crippen LogP contribution in [0.3, 0.4) is 0 Å². The molecule has 1 aromatic heterocycles. The average Bonchev–Trinajstić information content (AvgIpc) is 2.57. The lowest BCUT2D eigenvalue weighted by Crippen LogP contribution is -2.11. The van der Waals surface area contributed by atoms with Crippen molar-refractivity contribution in [2.45, 2.75) is 58.3 Å². The van der Waals surface area contributed by atoms with E-state index < -0.39 is 0 Å². The van der Waals surface area contributed by atoms with E-state index in [2.05, 4.69) is 30.7 Å². The van der Waals surface area contributed by atoms with Crippen LogP contribution in [0.25, 0.3) is 10.9 Å². The van der Waals surface area contributed by atoms with Crippen LogP contribution >= 0.6 is 0 Å². The highest BCUT2D eigenvalue weighted by atomic mass is 16.1. The number of hydrogen-bond acceptors (Lipinski definition) is 1. The number of nitrogens with zero attached hydrogens (tertiary/aromatic N) is 1. The SMILES string of the molecule is CCCCC=CCCCCCc1cc(=O)c2ccccc2n1C. The molecule has 0 unspecified atom stereocenters. The van der Waals surface area contributed by atoms with Gasteiger partial charge in [0.2, 0.25) is 0 Å². The van der Waals surface area contributed by atoms with Crippen molar-refractivity contribution in [3.05, 3.63) is 58.4 Å². The van der Waals surface area contributed by atoms with Gasteiger partial charge in [-0.15, -0.1) is 0 Å². The molecular formula is C21H29NO. The maximum absolute atomic E-state index is 12.2. The fraction of sp³-hybridized carbons (Fsp3) is 0.476. The molecule has 0 saturated heterocycles. The maximum Gasteiger partial charge on any atom is 0.189 e. The van der Waals surface area contributed by atoms with E-state index >= 15 is 0 Å². The largest absolute Gasteiger partial charge is 0.347 e. The number of benzene rings is 1. The zero-order valence-electron chi connectivity index (χ0n) is 14.6. The Morgan fingerprint density at radius 2 is 1.74 bits per heavy atom. The van der Waals surface area contributed by atoms with Crippen molar-refractivity contribution in [1.29, 1.82) is 0 Å². The van der Waals surface area contributed by atoms with Crippen molar-refractivity contribution >= 4 is 10.9 Å². The number of hydrogen-bond donors (Lipinski definition) is 0. The minimum absolute atomic E-state index is 0.146. The molecule has 0 amide bonds. The third-order valence-electron chi connectivity index (χ3n) is 4.45. The first-order valence-electron chi connectivity index (χ1n) is 8.96. The van der Waals surface area contributed by atoms with Crippen LogP contribution in [0, 0.1) is 0 Å². The van der Waals surface area contributed by atoms with E-state index in [9.17, 15) is 4.79 Å². The summed E-state index contributed by atoms with van der Waals surface area (Å²) in [6, 6.07) is 9.68. The third-order valence-corrected chi connectivity index (χ3v) is 4.45. The number of aromatic nitrogens is 1. The second kappa shape index (κ2) is 9.34. The summed E-state index contributed by atoms with van der Waals surface area (Å²) < 4.78 is 2.17. The molecule has 0 N–H and O–H groups in total. The Morgan fingerprint density at radius 3 is 2.52 bits per heavy atom. The summed E-state index contributed by atoms with van der Waals surface area (Å²) >= 11 is 0. The molecule has 0 aliphatic rings. The second-order valence-electron chi connectivity index (χ2n) is 6.29. The highest BCUT2D eigenvalue weighted by Gasteiger charge is 2.05. The van der Waals surface area contributed by atoms with Gasteiger partial charge >= 0.3 is 0 Å².